The van der Waals surface area contributed by atoms with Crippen molar-refractivity contribution in [2.45, 2.75) is 13.0 Å². The second-order valence-electron chi connectivity index (χ2n) is 2.92. The molecule has 0 spiro atoms. The number of rotatable bonds is 3. The van der Waals surface area contributed by atoms with E-state index in [1.165, 1.54) is 31.2 Å². The Morgan fingerprint density at radius 2 is 1.71 bits per heavy atom. The Morgan fingerprint density at radius 3 is 2.07 bits per heavy atom. The lowest BCUT2D eigenvalue weighted by Gasteiger charge is -2.05. The first-order chi connectivity index (χ1) is 6.52. The fourth-order valence-corrected chi connectivity index (χ4v) is 1.04. The Hall–Kier alpha value is -1.68. The summed E-state index contributed by atoms with van der Waals surface area (Å²) in [5.41, 5.74) is 0.758. The number of carbonyl (C=O) groups excluding carboxylic acids is 1. The van der Waals surface area contributed by atoms with Crippen molar-refractivity contribution in [3.8, 4) is 0 Å². The summed E-state index contributed by atoms with van der Waals surface area (Å²) in [6, 6.07) is 5.83. The highest BCUT2D eigenvalue weighted by atomic mass is 16.4. The maximum atomic E-state index is 10.9. The number of carboxylic acids is 1. The van der Waals surface area contributed by atoms with Crippen LogP contribution >= 0.6 is 0 Å². The molecular weight excluding hydrogens is 184 g/mol. The molecule has 4 nitrogen and oxygen atoms in total. The number of aliphatic hydroxyl groups is 1. The molecule has 0 heterocycles. The van der Waals surface area contributed by atoms with Gasteiger partial charge in [-0.1, -0.05) is 24.3 Å². The SMILES string of the molecule is CC(=O)c1ccc([C@@H](O)C(=O)O)cc1. The van der Waals surface area contributed by atoms with Gasteiger partial charge in [0.15, 0.2) is 11.9 Å². The van der Waals surface area contributed by atoms with E-state index >= 15 is 0 Å². The number of aliphatic carboxylic acids is 1. The van der Waals surface area contributed by atoms with Gasteiger partial charge in [0.25, 0.3) is 0 Å². The number of Topliss-reactive ketones (excluding diaryl/α,β-unsaturated/α-hetero) is 1. The quantitative estimate of drug-likeness (QED) is 0.704. The number of ketones is 1. The van der Waals surface area contributed by atoms with Crippen molar-refractivity contribution in [1.29, 1.82) is 0 Å². The molecule has 0 bridgehead atoms. The fourth-order valence-electron chi connectivity index (χ4n) is 1.04. The van der Waals surface area contributed by atoms with Crippen molar-refractivity contribution < 1.29 is 19.8 Å². The molecule has 0 aromatic heterocycles. The molecule has 1 aromatic carbocycles. The summed E-state index contributed by atoms with van der Waals surface area (Å²) in [7, 11) is 0. The van der Waals surface area contributed by atoms with E-state index in [-0.39, 0.29) is 11.3 Å². The first-order valence-electron chi connectivity index (χ1n) is 4.04. The summed E-state index contributed by atoms with van der Waals surface area (Å²) in [4.78, 5) is 21.3. The topological polar surface area (TPSA) is 74.6 Å². The molecule has 74 valence electrons. The van der Waals surface area contributed by atoms with Gasteiger partial charge < -0.3 is 10.2 Å². The van der Waals surface area contributed by atoms with Gasteiger partial charge in [0, 0.05) is 5.56 Å². The highest BCUT2D eigenvalue weighted by Gasteiger charge is 2.15. The molecule has 1 rings (SSSR count). The minimum atomic E-state index is -1.53. The van der Waals surface area contributed by atoms with E-state index in [4.69, 9.17) is 10.2 Å². The van der Waals surface area contributed by atoms with Gasteiger partial charge in [-0.3, -0.25) is 4.79 Å². The average Bonchev–Trinajstić information content (AvgIpc) is 2.16. The predicted molar refractivity (Wildman–Crippen MR) is 49.0 cm³/mol. The Kier molecular flexibility index (Phi) is 2.99. The largest absolute Gasteiger partial charge is 0.479 e. The molecule has 2 N–H and O–H groups in total. The van der Waals surface area contributed by atoms with E-state index in [2.05, 4.69) is 0 Å². The van der Waals surface area contributed by atoms with Crippen molar-refractivity contribution in [2.75, 3.05) is 0 Å². The van der Waals surface area contributed by atoms with Gasteiger partial charge in [0.1, 0.15) is 0 Å². The molecule has 0 fully saturated rings. The van der Waals surface area contributed by atoms with E-state index in [0.717, 1.165) is 0 Å². The van der Waals surface area contributed by atoms with Gasteiger partial charge >= 0.3 is 5.97 Å². The monoisotopic (exact) mass is 194 g/mol. The molecule has 0 aliphatic rings. The average molecular weight is 194 g/mol. The third-order valence-electron chi connectivity index (χ3n) is 1.87. The highest BCUT2D eigenvalue weighted by Crippen LogP contribution is 2.13. The molecule has 0 amide bonds. The molecule has 0 aliphatic heterocycles. The summed E-state index contributed by atoms with van der Waals surface area (Å²) >= 11 is 0. The van der Waals surface area contributed by atoms with E-state index in [1.807, 2.05) is 0 Å². The molecule has 0 saturated heterocycles. The number of hydrogen-bond acceptors (Lipinski definition) is 3. The van der Waals surface area contributed by atoms with Crippen LogP contribution in [0.15, 0.2) is 24.3 Å². The van der Waals surface area contributed by atoms with Crippen molar-refractivity contribution in [2.24, 2.45) is 0 Å². The van der Waals surface area contributed by atoms with Gasteiger partial charge in [-0.25, -0.2) is 4.79 Å². The van der Waals surface area contributed by atoms with Crippen LogP contribution in [0.3, 0.4) is 0 Å². The predicted octanol–water partition coefficient (Wildman–Crippen LogP) is 1.01. The van der Waals surface area contributed by atoms with E-state index in [0.29, 0.717) is 5.56 Å². The first-order valence-corrected chi connectivity index (χ1v) is 4.04. The zero-order chi connectivity index (χ0) is 10.7. The van der Waals surface area contributed by atoms with Crippen LogP contribution in [-0.4, -0.2) is 22.0 Å². The summed E-state index contributed by atoms with van der Waals surface area (Å²) in [5.74, 6) is -1.40. The number of carboxylic acid groups (broad SMARTS) is 1. The van der Waals surface area contributed by atoms with Crippen molar-refractivity contribution in [1.82, 2.24) is 0 Å². The van der Waals surface area contributed by atoms with Crippen LogP contribution in [0.5, 0.6) is 0 Å². The third-order valence-corrected chi connectivity index (χ3v) is 1.87. The van der Waals surface area contributed by atoms with Crippen molar-refractivity contribution in [3.63, 3.8) is 0 Å². The van der Waals surface area contributed by atoms with Crippen LogP contribution in [-0.2, 0) is 4.79 Å². The molecule has 0 radical (unpaired) electrons. The zero-order valence-corrected chi connectivity index (χ0v) is 7.60. The van der Waals surface area contributed by atoms with E-state index < -0.39 is 12.1 Å². The molecule has 0 unspecified atom stereocenters. The second kappa shape index (κ2) is 4.02. The van der Waals surface area contributed by atoms with Crippen LogP contribution in [0.1, 0.15) is 28.9 Å². The smallest absolute Gasteiger partial charge is 0.337 e. The van der Waals surface area contributed by atoms with Crippen LogP contribution in [0.2, 0.25) is 0 Å². The van der Waals surface area contributed by atoms with Crippen LogP contribution < -0.4 is 0 Å². The van der Waals surface area contributed by atoms with E-state index in [9.17, 15) is 9.59 Å². The van der Waals surface area contributed by atoms with Crippen LogP contribution in [0, 0.1) is 0 Å². The Bertz CT molecular complexity index is 353. The van der Waals surface area contributed by atoms with Crippen molar-refractivity contribution >= 4 is 11.8 Å². The highest BCUT2D eigenvalue weighted by molar-refractivity contribution is 5.94. The van der Waals surface area contributed by atoms with Gasteiger partial charge in [-0.15, -0.1) is 0 Å². The molecule has 1 aromatic rings. The Balaban J connectivity index is 2.94. The van der Waals surface area contributed by atoms with E-state index in [1.54, 1.807) is 0 Å². The van der Waals surface area contributed by atoms with Crippen LogP contribution in [0.4, 0.5) is 0 Å². The molecule has 14 heavy (non-hydrogen) atoms. The molecule has 0 saturated carbocycles. The fraction of sp³-hybridized carbons (Fsp3) is 0.200. The lowest BCUT2D eigenvalue weighted by atomic mass is 10.1. The van der Waals surface area contributed by atoms with Gasteiger partial charge in [-0.05, 0) is 12.5 Å². The van der Waals surface area contributed by atoms with Crippen molar-refractivity contribution in [3.05, 3.63) is 35.4 Å². The molecule has 1 atom stereocenters. The zero-order valence-electron chi connectivity index (χ0n) is 7.60. The summed E-state index contributed by atoms with van der Waals surface area (Å²) < 4.78 is 0. The number of carbonyl (C=O) groups is 2. The first kappa shape index (κ1) is 10.4. The molecule has 4 heteroatoms. The van der Waals surface area contributed by atoms with Gasteiger partial charge in [-0.2, -0.15) is 0 Å². The normalized spacial score (nSPS) is 12.1. The number of aliphatic hydroxyl groups excluding tert-OH is 1. The van der Waals surface area contributed by atoms with Gasteiger partial charge in [0.2, 0.25) is 0 Å². The Morgan fingerprint density at radius 1 is 1.21 bits per heavy atom. The third kappa shape index (κ3) is 2.17. The maximum absolute atomic E-state index is 10.9. The number of hydrogen-bond donors (Lipinski definition) is 2. The lowest BCUT2D eigenvalue weighted by Crippen LogP contribution is -2.10. The number of benzene rings is 1. The summed E-state index contributed by atoms with van der Waals surface area (Å²) in [6.45, 7) is 1.42. The summed E-state index contributed by atoms with van der Waals surface area (Å²) in [5, 5.41) is 17.6. The minimum absolute atomic E-state index is 0.0960. The minimum Gasteiger partial charge on any atom is -0.479 e. The molecular formula is C10H10O4. The second-order valence-corrected chi connectivity index (χ2v) is 2.92. The lowest BCUT2D eigenvalue weighted by molar-refractivity contribution is -0.146. The molecule has 0 aliphatic carbocycles. The maximum Gasteiger partial charge on any atom is 0.337 e. The standard InChI is InChI=1S/C10H10O4/c1-6(11)7-2-4-8(5-3-7)9(12)10(13)14/h2-5,9,12H,1H3,(H,13,14)/t9-/m1/s1. The van der Waals surface area contributed by atoms with Gasteiger partial charge in [0.05, 0.1) is 0 Å². The van der Waals surface area contributed by atoms with Crippen LogP contribution in [0.25, 0.3) is 0 Å². The Labute approximate surface area is 80.8 Å². The summed E-state index contributed by atoms with van der Waals surface area (Å²) in [6.07, 6.45) is -1.53.